The maximum atomic E-state index is 4.47. The van der Waals surface area contributed by atoms with Gasteiger partial charge in [0.25, 0.3) is 0 Å². The predicted molar refractivity (Wildman–Crippen MR) is 69.2 cm³/mol. The van der Waals surface area contributed by atoms with Crippen LogP contribution in [0.15, 0.2) is 12.7 Å². The van der Waals surface area contributed by atoms with Crippen molar-refractivity contribution in [2.75, 3.05) is 11.9 Å². The molecule has 0 aliphatic carbocycles. The summed E-state index contributed by atoms with van der Waals surface area (Å²) in [5.41, 5.74) is 2.83. The number of aryl methyl sites for hydroxylation is 3. The normalized spacial score (nSPS) is 10.8. The van der Waals surface area contributed by atoms with Gasteiger partial charge in [-0.3, -0.25) is 4.68 Å². The molecule has 2 aromatic heterocycles. The van der Waals surface area contributed by atoms with Gasteiger partial charge in [-0.2, -0.15) is 5.10 Å². The molecule has 5 heteroatoms. The summed E-state index contributed by atoms with van der Waals surface area (Å²) in [6.07, 6.45) is 1.81. The van der Waals surface area contributed by atoms with Gasteiger partial charge in [0.2, 0.25) is 0 Å². The molecule has 2 heterocycles. The summed E-state index contributed by atoms with van der Waals surface area (Å²) in [5.74, 6) is 1.58. The number of nitrogens with zero attached hydrogens (tertiary/aromatic N) is 4. The van der Waals surface area contributed by atoms with Crippen LogP contribution in [0.5, 0.6) is 0 Å². The Kier molecular flexibility index (Phi) is 3.08. The Morgan fingerprint density at radius 1 is 1.35 bits per heavy atom. The Balaban J connectivity index is 2.66. The first-order valence-corrected chi connectivity index (χ1v) is 5.74. The maximum Gasteiger partial charge on any atom is 0.156 e. The van der Waals surface area contributed by atoms with Crippen molar-refractivity contribution in [3.63, 3.8) is 0 Å². The molecular weight excluding hydrogens is 214 g/mol. The number of rotatable bonds is 4. The molecule has 0 bridgehead atoms. The van der Waals surface area contributed by atoms with E-state index < -0.39 is 0 Å². The number of hydrogen-bond donors (Lipinski definition) is 1. The van der Waals surface area contributed by atoms with E-state index in [1.165, 1.54) is 0 Å². The summed E-state index contributed by atoms with van der Waals surface area (Å²) in [7, 11) is 0. The summed E-state index contributed by atoms with van der Waals surface area (Å²) in [6.45, 7) is 11.1. The summed E-state index contributed by atoms with van der Waals surface area (Å²) in [5, 5.41) is 7.70. The van der Waals surface area contributed by atoms with Gasteiger partial charge in [-0.25, -0.2) is 9.97 Å². The number of nitrogens with one attached hydrogen (secondary N) is 1. The van der Waals surface area contributed by atoms with E-state index in [0.29, 0.717) is 6.54 Å². The third-order valence-corrected chi connectivity index (χ3v) is 2.58. The van der Waals surface area contributed by atoms with Crippen LogP contribution in [0.3, 0.4) is 0 Å². The van der Waals surface area contributed by atoms with E-state index in [1.807, 2.05) is 24.6 Å². The van der Waals surface area contributed by atoms with E-state index in [9.17, 15) is 0 Å². The number of hydrogen-bond acceptors (Lipinski definition) is 4. The lowest BCUT2D eigenvalue weighted by Crippen LogP contribution is -2.06. The Morgan fingerprint density at radius 2 is 2.12 bits per heavy atom. The maximum absolute atomic E-state index is 4.47. The molecule has 0 amide bonds. The van der Waals surface area contributed by atoms with Crippen molar-refractivity contribution in [1.82, 2.24) is 19.7 Å². The van der Waals surface area contributed by atoms with Crippen molar-refractivity contribution in [1.29, 1.82) is 0 Å². The topological polar surface area (TPSA) is 55.6 Å². The highest BCUT2D eigenvalue weighted by molar-refractivity contribution is 5.87. The molecule has 0 aliphatic rings. The number of fused-ring (bicyclic) bond motifs is 1. The van der Waals surface area contributed by atoms with E-state index in [2.05, 4.69) is 33.9 Å². The van der Waals surface area contributed by atoms with Gasteiger partial charge < -0.3 is 5.32 Å². The molecule has 0 aliphatic heterocycles. The quantitative estimate of drug-likeness (QED) is 0.818. The average molecular weight is 231 g/mol. The molecule has 0 spiro atoms. The van der Waals surface area contributed by atoms with Crippen molar-refractivity contribution in [2.45, 2.75) is 27.3 Å². The van der Waals surface area contributed by atoms with E-state index in [4.69, 9.17) is 0 Å². The zero-order chi connectivity index (χ0) is 12.4. The molecule has 17 heavy (non-hydrogen) atoms. The van der Waals surface area contributed by atoms with Crippen molar-refractivity contribution in [2.24, 2.45) is 0 Å². The van der Waals surface area contributed by atoms with Crippen LogP contribution < -0.4 is 5.32 Å². The molecule has 0 atom stereocenters. The van der Waals surface area contributed by atoms with Crippen LogP contribution in [0.4, 0.5) is 5.82 Å². The van der Waals surface area contributed by atoms with Crippen LogP contribution in [-0.4, -0.2) is 26.3 Å². The highest BCUT2D eigenvalue weighted by atomic mass is 15.3. The highest BCUT2D eigenvalue weighted by Gasteiger charge is 2.13. The standard InChI is InChI=1S/C12H17N5/c1-5-7-13-12-11-10(14-9(4)15-12)8(3)16-17(11)6-2/h5H,1,6-7H2,2-4H3,(H,13,14,15). The lowest BCUT2D eigenvalue weighted by Gasteiger charge is -2.07. The lowest BCUT2D eigenvalue weighted by molar-refractivity contribution is 0.676. The van der Waals surface area contributed by atoms with Crippen LogP contribution in [0.25, 0.3) is 11.0 Å². The van der Waals surface area contributed by atoms with E-state index in [1.54, 1.807) is 0 Å². The first-order valence-electron chi connectivity index (χ1n) is 5.74. The van der Waals surface area contributed by atoms with Gasteiger partial charge in [-0.05, 0) is 20.8 Å². The van der Waals surface area contributed by atoms with Crippen LogP contribution in [-0.2, 0) is 6.54 Å². The molecule has 5 nitrogen and oxygen atoms in total. The summed E-state index contributed by atoms with van der Waals surface area (Å²) >= 11 is 0. The fourth-order valence-electron chi connectivity index (χ4n) is 1.86. The second-order valence-corrected chi connectivity index (χ2v) is 3.89. The summed E-state index contributed by atoms with van der Waals surface area (Å²) in [6, 6.07) is 0. The van der Waals surface area contributed by atoms with Crippen molar-refractivity contribution < 1.29 is 0 Å². The smallest absolute Gasteiger partial charge is 0.156 e. The minimum Gasteiger partial charge on any atom is -0.365 e. The zero-order valence-corrected chi connectivity index (χ0v) is 10.5. The largest absolute Gasteiger partial charge is 0.365 e. The van der Waals surface area contributed by atoms with E-state index in [-0.39, 0.29) is 0 Å². The lowest BCUT2D eigenvalue weighted by atomic mass is 10.3. The summed E-state index contributed by atoms with van der Waals surface area (Å²) < 4.78 is 1.93. The van der Waals surface area contributed by atoms with Gasteiger partial charge in [0.1, 0.15) is 16.9 Å². The molecule has 2 aromatic rings. The Hall–Kier alpha value is -1.91. The first kappa shape index (κ1) is 11.6. The average Bonchev–Trinajstić information content (AvgIpc) is 2.63. The molecule has 0 unspecified atom stereocenters. The molecule has 0 saturated carbocycles. The fourth-order valence-corrected chi connectivity index (χ4v) is 1.86. The SMILES string of the molecule is C=CCNc1nc(C)nc2c(C)nn(CC)c12. The highest BCUT2D eigenvalue weighted by Crippen LogP contribution is 2.22. The third kappa shape index (κ3) is 2.00. The van der Waals surface area contributed by atoms with Gasteiger partial charge in [0.15, 0.2) is 5.82 Å². The van der Waals surface area contributed by atoms with Gasteiger partial charge in [-0.1, -0.05) is 6.08 Å². The predicted octanol–water partition coefficient (Wildman–Crippen LogP) is 2.06. The second kappa shape index (κ2) is 4.53. The number of anilines is 1. The van der Waals surface area contributed by atoms with Crippen LogP contribution in [0.2, 0.25) is 0 Å². The molecule has 0 radical (unpaired) electrons. The molecule has 90 valence electrons. The Morgan fingerprint density at radius 3 is 2.76 bits per heavy atom. The fraction of sp³-hybridized carbons (Fsp3) is 0.417. The molecule has 0 aromatic carbocycles. The monoisotopic (exact) mass is 231 g/mol. The molecule has 2 rings (SSSR count). The molecule has 0 saturated heterocycles. The minimum atomic E-state index is 0.680. The minimum absolute atomic E-state index is 0.680. The molecule has 0 fully saturated rings. The van der Waals surface area contributed by atoms with Gasteiger partial charge >= 0.3 is 0 Å². The first-order chi connectivity index (χ1) is 8.17. The van der Waals surface area contributed by atoms with E-state index in [0.717, 1.165) is 34.9 Å². The van der Waals surface area contributed by atoms with Crippen LogP contribution >= 0.6 is 0 Å². The van der Waals surface area contributed by atoms with Crippen molar-refractivity contribution in [3.8, 4) is 0 Å². The van der Waals surface area contributed by atoms with Crippen molar-refractivity contribution >= 4 is 16.9 Å². The number of aromatic nitrogens is 4. The Labute approximate surface area is 101 Å². The van der Waals surface area contributed by atoms with Crippen LogP contribution in [0, 0.1) is 13.8 Å². The molecular formula is C12H17N5. The van der Waals surface area contributed by atoms with Gasteiger partial charge in [0, 0.05) is 13.1 Å². The second-order valence-electron chi connectivity index (χ2n) is 3.89. The van der Waals surface area contributed by atoms with Gasteiger partial charge in [-0.15, -0.1) is 6.58 Å². The molecule has 1 N–H and O–H groups in total. The van der Waals surface area contributed by atoms with Crippen LogP contribution in [0.1, 0.15) is 18.4 Å². The summed E-state index contributed by atoms with van der Waals surface area (Å²) in [4.78, 5) is 8.88. The van der Waals surface area contributed by atoms with E-state index >= 15 is 0 Å². The third-order valence-electron chi connectivity index (χ3n) is 2.58. The zero-order valence-electron chi connectivity index (χ0n) is 10.5. The van der Waals surface area contributed by atoms with Crippen molar-refractivity contribution in [3.05, 3.63) is 24.2 Å². The Bertz CT molecular complexity index is 556. The van der Waals surface area contributed by atoms with Gasteiger partial charge in [0.05, 0.1) is 5.69 Å².